The average Bonchev–Trinajstić information content (AvgIpc) is 2.80. The zero-order valence-electron chi connectivity index (χ0n) is 18.7. The molecule has 1 amide bonds. The van der Waals surface area contributed by atoms with E-state index in [0.29, 0.717) is 28.0 Å². The zero-order valence-corrected chi connectivity index (χ0v) is 19.4. The van der Waals surface area contributed by atoms with Crippen LogP contribution in [0.3, 0.4) is 0 Å². The van der Waals surface area contributed by atoms with Crippen LogP contribution in [0.15, 0.2) is 71.8 Å². The molecular weight excluding hydrogens is 440 g/mol. The third-order valence-electron chi connectivity index (χ3n) is 4.81. The molecule has 3 rings (SSSR count). The second-order valence-electron chi connectivity index (χ2n) is 7.73. The molecule has 0 unspecified atom stereocenters. The Labute approximate surface area is 198 Å². The Bertz CT molecular complexity index is 1140. The van der Waals surface area contributed by atoms with E-state index in [0.717, 1.165) is 16.7 Å². The SMILES string of the molecule is Cc1ccc(C(C)C)cc1OCC(=O)NN=Cc1ccc(OC(=O)c2ccc(Cl)cc2)cc1. The number of rotatable bonds is 8. The van der Waals surface area contributed by atoms with E-state index in [4.69, 9.17) is 21.1 Å². The Morgan fingerprint density at radius 1 is 1.03 bits per heavy atom. The van der Waals surface area contributed by atoms with Crippen molar-refractivity contribution in [2.24, 2.45) is 5.10 Å². The van der Waals surface area contributed by atoms with Crippen LogP contribution in [0.5, 0.6) is 11.5 Å². The van der Waals surface area contributed by atoms with Crippen LogP contribution in [0.25, 0.3) is 0 Å². The standard InChI is InChI=1S/C26H25ClN2O4/c1-17(2)21-7-4-18(3)24(14-21)32-16-25(30)29-28-15-19-5-12-23(13-6-19)33-26(31)20-8-10-22(27)11-9-20/h4-15,17H,16H2,1-3H3,(H,29,30). The van der Waals surface area contributed by atoms with Crippen molar-refractivity contribution in [3.63, 3.8) is 0 Å². The van der Waals surface area contributed by atoms with Crippen LogP contribution in [0.2, 0.25) is 5.02 Å². The molecule has 0 aromatic heterocycles. The topological polar surface area (TPSA) is 77.0 Å². The third kappa shape index (κ3) is 7.19. The highest BCUT2D eigenvalue weighted by Crippen LogP contribution is 2.24. The molecule has 0 atom stereocenters. The van der Waals surface area contributed by atoms with Crippen LogP contribution in [0.1, 0.15) is 46.8 Å². The Kier molecular flexibility index (Phi) is 8.22. The first-order valence-corrected chi connectivity index (χ1v) is 10.8. The molecule has 0 bridgehead atoms. The summed E-state index contributed by atoms with van der Waals surface area (Å²) in [6.07, 6.45) is 1.49. The smallest absolute Gasteiger partial charge is 0.343 e. The number of hydrogen-bond donors (Lipinski definition) is 1. The number of carbonyl (C=O) groups excluding carboxylic acids is 2. The zero-order chi connectivity index (χ0) is 23.8. The fraction of sp³-hybridized carbons (Fsp3) is 0.192. The number of halogens is 1. The highest BCUT2D eigenvalue weighted by molar-refractivity contribution is 6.30. The molecule has 0 saturated heterocycles. The molecule has 1 N–H and O–H groups in total. The number of hydrazone groups is 1. The van der Waals surface area contributed by atoms with Crippen LogP contribution >= 0.6 is 11.6 Å². The maximum Gasteiger partial charge on any atom is 0.343 e. The van der Waals surface area contributed by atoms with E-state index in [1.54, 1.807) is 48.5 Å². The van der Waals surface area contributed by atoms with Crippen molar-refractivity contribution >= 4 is 29.7 Å². The first-order chi connectivity index (χ1) is 15.8. The van der Waals surface area contributed by atoms with Gasteiger partial charge in [-0.1, -0.05) is 37.6 Å². The number of nitrogens with zero attached hydrogens (tertiary/aromatic N) is 1. The number of aryl methyl sites for hydroxylation is 1. The van der Waals surface area contributed by atoms with Gasteiger partial charge in [0, 0.05) is 5.02 Å². The van der Waals surface area contributed by atoms with Gasteiger partial charge >= 0.3 is 5.97 Å². The molecular formula is C26H25ClN2O4. The summed E-state index contributed by atoms with van der Waals surface area (Å²) in [4.78, 5) is 24.2. The normalized spacial score (nSPS) is 10.9. The van der Waals surface area contributed by atoms with Crippen molar-refractivity contribution in [1.82, 2.24) is 5.43 Å². The van der Waals surface area contributed by atoms with Gasteiger partial charge in [0.2, 0.25) is 0 Å². The number of ether oxygens (including phenoxy) is 2. The minimum atomic E-state index is -0.477. The summed E-state index contributed by atoms with van der Waals surface area (Å²) in [5, 5.41) is 4.49. The molecule has 0 saturated carbocycles. The minimum Gasteiger partial charge on any atom is -0.483 e. The van der Waals surface area contributed by atoms with Crippen LogP contribution in [-0.4, -0.2) is 24.7 Å². The van der Waals surface area contributed by atoms with Crippen molar-refractivity contribution in [2.45, 2.75) is 26.7 Å². The monoisotopic (exact) mass is 464 g/mol. The molecule has 0 heterocycles. The second-order valence-corrected chi connectivity index (χ2v) is 8.16. The molecule has 33 heavy (non-hydrogen) atoms. The quantitative estimate of drug-likeness (QED) is 0.206. The molecule has 0 aliphatic heterocycles. The van der Waals surface area contributed by atoms with Gasteiger partial charge in [-0.25, -0.2) is 10.2 Å². The van der Waals surface area contributed by atoms with Crippen molar-refractivity contribution in [3.05, 3.63) is 94.0 Å². The lowest BCUT2D eigenvalue weighted by molar-refractivity contribution is -0.123. The van der Waals surface area contributed by atoms with Crippen LogP contribution in [0.4, 0.5) is 0 Å². The maximum absolute atomic E-state index is 12.1. The Hall–Kier alpha value is -3.64. The number of carbonyl (C=O) groups is 2. The van der Waals surface area contributed by atoms with Crippen molar-refractivity contribution in [2.75, 3.05) is 6.61 Å². The third-order valence-corrected chi connectivity index (χ3v) is 5.06. The average molecular weight is 465 g/mol. The molecule has 3 aromatic rings. The second kappa shape index (κ2) is 11.3. The van der Waals surface area contributed by atoms with Gasteiger partial charge in [0.1, 0.15) is 11.5 Å². The van der Waals surface area contributed by atoms with Gasteiger partial charge in [-0.2, -0.15) is 5.10 Å². The predicted octanol–water partition coefficient (Wildman–Crippen LogP) is 5.52. The number of benzene rings is 3. The molecule has 170 valence electrons. The molecule has 0 radical (unpaired) electrons. The van der Waals surface area contributed by atoms with Crippen LogP contribution in [0, 0.1) is 6.92 Å². The Morgan fingerprint density at radius 2 is 1.73 bits per heavy atom. The highest BCUT2D eigenvalue weighted by atomic mass is 35.5. The van der Waals surface area contributed by atoms with Gasteiger partial charge in [-0.3, -0.25) is 4.79 Å². The fourth-order valence-electron chi connectivity index (χ4n) is 2.86. The maximum atomic E-state index is 12.1. The van der Waals surface area contributed by atoms with E-state index in [1.165, 1.54) is 6.21 Å². The molecule has 0 aliphatic rings. The Morgan fingerprint density at radius 3 is 2.39 bits per heavy atom. The first-order valence-electron chi connectivity index (χ1n) is 10.4. The van der Waals surface area contributed by atoms with Gasteiger partial charge in [-0.05, 0) is 84.1 Å². The van der Waals surface area contributed by atoms with Crippen molar-refractivity contribution in [3.8, 4) is 11.5 Å². The van der Waals surface area contributed by atoms with E-state index in [1.807, 2.05) is 19.1 Å². The van der Waals surface area contributed by atoms with E-state index < -0.39 is 5.97 Å². The van der Waals surface area contributed by atoms with Gasteiger partial charge in [0.25, 0.3) is 5.91 Å². The number of nitrogens with one attached hydrogen (secondary N) is 1. The lowest BCUT2D eigenvalue weighted by atomic mass is 10.0. The molecule has 3 aromatic carbocycles. The van der Waals surface area contributed by atoms with E-state index in [-0.39, 0.29) is 12.5 Å². The summed E-state index contributed by atoms with van der Waals surface area (Å²) in [6.45, 7) is 6.00. The molecule has 0 fully saturated rings. The van der Waals surface area contributed by atoms with E-state index >= 15 is 0 Å². The summed E-state index contributed by atoms with van der Waals surface area (Å²) in [6, 6.07) is 19.2. The first kappa shape index (κ1) is 24.0. The number of esters is 1. The number of amides is 1. The predicted molar refractivity (Wildman–Crippen MR) is 129 cm³/mol. The summed E-state index contributed by atoms with van der Waals surface area (Å²) in [7, 11) is 0. The van der Waals surface area contributed by atoms with Crippen LogP contribution < -0.4 is 14.9 Å². The summed E-state index contributed by atoms with van der Waals surface area (Å²) in [5.41, 5.74) is 5.68. The number of hydrogen-bond acceptors (Lipinski definition) is 5. The van der Waals surface area contributed by atoms with E-state index in [9.17, 15) is 9.59 Å². The summed E-state index contributed by atoms with van der Waals surface area (Å²) < 4.78 is 11.0. The van der Waals surface area contributed by atoms with Gasteiger partial charge < -0.3 is 9.47 Å². The lowest BCUT2D eigenvalue weighted by Gasteiger charge is -2.12. The summed E-state index contributed by atoms with van der Waals surface area (Å²) in [5.74, 6) is 0.606. The van der Waals surface area contributed by atoms with Gasteiger partial charge in [0.05, 0.1) is 11.8 Å². The highest BCUT2D eigenvalue weighted by Gasteiger charge is 2.09. The largest absolute Gasteiger partial charge is 0.483 e. The summed E-state index contributed by atoms with van der Waals surface area (Å²) >= 11 is 5.83. The van der Waals surface area contributed by atoms with Gasteiger partial charge in [0.15, 0.2) is 6.61 Å². The molecule has 6 nitrogen and oxygen atoms in total. The fourth-order valence-corrected chi connectivity index (χ4v) is 2.99. The molecule has 0 spiro atoms. The van der Waals surface area contributed by atoms with Crippen LogP contribution in [-0.2, 0) is 4.79 Å². The van der Waals surface area contributed by atoms with Crippen molar-refractivity contribution in [1.29, 1.82) is 0 Å². The molecule has 0 aliphatic carbocycles. The van der Waals surface area contributed by atoms with Gasteiger partial charge in [-0.15, -0.1) is 0 Å². The van der Waals surface area contributed by atoms with E-state index in [2.05, 4.69) is 30.4 Å². The lowest BCUT2D eigenvalue weighted by Crippen LogP contribution is -2.24. The molecule has 7 heteroatoms. The minimum absolute atomic E-state index is 0.140. The van der Waals surface area contributed by atoms with Crippen molar-refractivity contribution < 1.29 is 19.1 Å². The Balaban J connectivity index is 1.48.